The van der Waals surface area contributed by atoms with Gasteiger partial charge in [-0.1, -0.05) is 0 Å². The van der Waals surface area contributed by atoms with E-state index in [0.717, 1.165) is 22.5 Å². The summed E-state index contributed by atoms with van der Waals surface area (Å²) in [5.41, 5.74) is 9.87. The van der Waals surface area contributed by atoms with Gasteiger partial charge in [-0.15, -0.1) is 0 Å². The van der Waals surface area contributed by atoms with E-state index >= 15 is 0 Å². The van der Waals surface area contributed by atoms with Crippen LogP contribution < -0.4 is 11.3 Å². The van der Waals surface area contributed by atoms with E-state index < -0.39 is 0 Å². The van der Waals surface area contributed by atoms with Crippen LogP contribution in [0.5, 0.6) is 0 Å². The molecule has 0 spiro atoms. The van der Waals surface area contributed by atoms with Crippen molar-refractivity contribution in [1.29, 1.82) is 0 Å². The molecule has 6 heteroatoms. The van der Waals surface area contributed by atoms with Crippen molar-refractivity contribution in [2.24, 2.45) is 0 Å². The number of hydrogen-bond acceptors (Lipinski definition) is 4. The van der Waals surface area contributed by atoms with Gasteiger partial charge in [-0.05, 0) is 31.0 Å². The van der Waals surface area contributed by atoms with Crippen molar-refractivity contribution in [3.05, 3.63) is 58.0 Å². The lowest BCUT2D eigenvalue weighted by Gasteiger charge is -2.11. The molecule has 0 aliphatic carbocycles. The van der Waals surface area contributed by atoms with Crippen LogP contribution in [-0.4, -0.2) is 19.2 Å². The Hall–Kier alpha value is -2.63. The summed E-state index contributed by atoms with van der Waals surface area (Å²) in [6, 6.07) is 1.70. The van der Waals surface area contributed by atoms with Crippen molar-refractivity contribution >= 4 is 11.2 Å². The van der Waals surface area contributed by atoms with Crippen molar-refractivity contribution in [3.8, 4) is 0 Å². The summed E-state index contributed by atoms with van der Waals surface area (Å²) in [7, 11) is 0. The Balaban J connectivity index is 2.08. The number of anilines is 1. The van der Waals surface area contributed by atoms with Gasteiger partial charge in [0, 0.05) is 24.3 Å². The molecule has 6 nitrogen and oxygen atoms in total. The lowest BCUT2D eigenvalue weighted by atomic mass is 10.1. The van der Waals surface area contributed by atoms with Gasteiger partial charge in [0.25, 0.3) is 5.56 Å². The predicted octanol–water partition coefficient (Wildman–Crippen LogP) is 1.14. The van der Waals surface area contributed by atoms with Gasteiger partial charge in [0.15, 0.2) is 0 Å². The lowest BCUT2D eigenvalue weighted by molar-refractivity contribution is 0.721. The van der Waals surface area contributed by atoms with Gasteiger partial charge in [-0.2, -0.15) is 5.10 Å². The fourth-order valence-corrected chi connectivity index (χ4v) is 2.20. The molecule has 0 unspecified atom stereocenters. The molecule has 3 aromatic heterocycles. The highest BCUT2D eigenvalue weighted by molar-refractivity contribution is 5.53. The molecule has 102 valence electrons. The second-order valence-electron chi connectivity index (χ2n) is 4.82. The van der Waals surface area contributed by atoms with Crippen molar-refractivity contribution < 1.29 is 0 Å². The minimum atomic E-state index is -0.0923. The molecule has 3 aromatic rings. The van der Waals surface area contributed by atoms with Gasteiger partial charge >= 0.3 is 0 Å². The Labute approximate surface area is 115 Å². The fraction of sp³-hybridized carbons (Fsp3) is 0.214. The highest BCUT2D eigenvalue weighted by atomic mass is 16.1. The maximum Gasteiger partial charge on any atom is 0.276 e. The second kappa shape index (κ2) is 4.48. The number of fused-ring (bicyclic) bond motifs is 1. The highest BCUT2D eigenvalue weighted by Gasteiger charge is 2.09. The molecule has 0 atom stereocenters. The normalized spacial score (nSPS) is 11.1. The number of aromatic nitrogens is 4. The molecule has 3 rings (SSSR count). The third-order valence-corrected chi connectivity index (χ3v) is 3.53. The molecule has 0 saturated heterocycles. The zero-order valence-electron chi connectivity index (χ0n) is 11.4. The second-order valence-corrected chi connectivity index (χ2v) is 4.82. The van der Waals surface area contributed by atoms with Crippen molar-refractivity contribution in [1.82, 2.24) is 19.2 Å². The van der Waals surface area contributed by atoms with Crippen LogP contribution in [0.3, 0.4) is 0 Å². The average Bonchev–Trinajstić information content (AvgIpc) is 2.91. The summed E-state index contributed by atoms with van der Waals surface area (Å²) in [6.45, 7) is 4.24. The van der Waals surface area contributed by atoms with E-state index in [1.165, 1.54) is 0 Å². The smallest absolute Gasteiger partial charge is 0.276 e. The van der Waals surface area contributed by atoms with E-state index in [-0.39, 0.29) is 5.56 Å². The molecule has 2 N–H and O–H groups in total. The Kier molecular flexibility index (Phi) is 2.78. The first-order valence-electron chi connectivity index (χ1n) is 6.31. The summed E-state index contributed by atoms with van der Waals surface area (Å²) in [5, 5.41) is 4.04. The summed E-state index contributed by atoms with van der Waals surface area (Å²) in [4.78, 5) is 16.7. The van der Waals surface area contributed by atoms with Crippen LogP contribution in [0.15, 0.2) is 35.6 Å². The molecule has 0 bridgehead atoms. The van der Waals surface area contributed by atoms with E-state index in [1.807, 2.05) is 13.8 Å². The van der Waals surface area contributed by atoms with Gasteiger partial charge in [0.2, 0.25) is 0 Å². The first-order valence-corrected chi connectivity index (χ1v) is 6.31. The Morgan fingerprint density at radius 1 is 1.30 bits per heavy atom. The van der Waals surface area contributed by atoms with E-state index in [2.05, 4.69) is 10.1 Å². The van der Waals surface area contributed by atoms with Crippen molar-refractivity contribution in [3.63, 3.8) is 0 Å². The molecule has 0 aromatic carbocycles. The van der Waals surface area contributed by atoms with Crippen LogP contribution >= 0.6 is 0 Å². The SMILES string of the molecule is Cc1cnc(Cn2ccn3nccc3c2=O)c(C)c1N. The number of nitrogens with zero attached hydrogens (tertiary/aromatic N) is 4. The molecule has 20 heavy (non-hydrogen) atoms. The van der Waals surface area contributed by atoms with Crippen molar-refractivity contribution in [2.45, 2.75) is 20.4 Å². The topological polar surface area (TPSA) is 78.2 Å². The third kappa shape index (κ3) is 1.85. The van der Waals surface area contributed by atoms with Crippen LogP contribution in [0, 0.1) is 13.8 Å². The lowest BCUT2D eigenvalue weighted by Crippen LogP contribution is -2.22. The van der Waals surface area contributed by atoms with Crippen LogP contribution in [0.2, 0.25) is 0 Å². The number of nitrogen functional groups attached to an aromatic ring is 1. The average molecular weight is 269 g/mol. The quantitative estimate of drug-likeness (QED) is 0.756. The van der Waals surface area contributed by atoms with Crippen molar-refractivity contribution in [2.75, 3.05) is 5.73 Å². The minimum Gasteiger partial charge on any atom is -0.398 e. The van der Waals surface area contributed by atoms with Gasteiger partial charge in [0.1, 0.15) is 5.52 Å². The fourth-order valence-electron chi connectivity index (χ4n) is 2.20. The van der Waals surface area contributed by atoms with Crippen LogP contribution in [0.1, 0.15) is 16.8 Å². The summed E-state index contributed by atoms with van der Waals surface area (Å²) in [6.07, 6.45) is 6.80. The first-order chi connectivity index (χ1) is 9.58. The number of aryl methyl sites for hydroxylation is 1. The monoisotopic (exact) mass is 269 g/mol. The Morgan fingerprint density at radius 3 is 2.90 bits per heavy atom. The molecular weight excluding hydrogens is 254 g/mol. The predicted molar refractivity (Wildman–Crippen MR) is 76.7 cm³/mol. The number of rotatable bonds is 2. The summed E-state index contributed by atoms with van der Waals surface area (Å²) < 4.78 is 3.17. The molecule has 0 fully saturated rings. The largest absolute Gasteiger partial charge is 0.398 e. The molecular formula is C14H15N5O. The highest BCUT2D eigenvalue weighted by Crippen LogP contribution is 2.18. The summed E-state index contributed by atoms with van der Waals surface area (Å²) >= 11 is 0. The first kappa shape index (κ1) is 12.4. The summed E-state index contributed by atoms with van der Waals surface area (Å²) in [5.74, 6) is 0. The van der Waals surface area contributed by atoms with Crippen LogP contribution in [0.4, 0.5) is 5.69 Å². The van der Waals surface area contributed by atoms with E-state index in [4.69, 9.17) is 5.73 Å². The molecule has 3 heterocycles. The molecule has 0 aliphatic rings. The third-order valence-electron chi connectivity index (χ3n) is 3.53. The Bertz CT molecular complexity index is 846. The minimum absolute atomic E-state index is 0.0923. The maximum absolute atomic E-state index is 12.3. The van der Waals surface area contributed by atoms with E-state index in [9.17, 15) is 4.79 Å². The van der Waals surface area contributed by atoms with E-state index in [0.29, 0.717) is 12.1 Å². The van der Waals surface area contributed by atoms with Gasteiger partial charge in [0.05, 0.1) is 18.4 Å². The maximum atomic E-state index is 12.3. The molecule has 0 aliphatic heterocycles. The van der Waals surface area contributed by atoms with Crippen LogP contribution in [-0.2, 0) is 6.54 Å². The Morgan fingerprint density at radius 2 is 2.10 bits per heavy atom. The van der Waals surface area contributed by atoms with Gasteiger partial charge in [-0.25, -0.2) is 4.52 Å². The standard InChI is InChI=1S/C14H15N5O/c1-9-7-16-11(10(2)13(9)15)8-18-5-6-19-12(14(18)20)3-4-17-19/h3-7H,8H2,1-2H3,(H2,15,16). The molecule has 0 saturated carbocycles. The van der Waals surface area contributed by atoms with Gasteiger partial charge in [-0.3, -0.25) is 9.78 Å². The van der Waals surface area contributed by atoms with Crippen LogP contribution in [0.25, 0.3) is 5.52 Å². The molecule has 0 amide bonds. The zero-order chi connectivity index (χ0) is 14.3. The van der Waals surface area contributed by atoms with Gasteiger partial charge < -0.3 is 10.3 Å². The van der Waals surface area contributed by atoms with E-state index in [1.54, 1.807) is 39.9 Å². The number of hydrogen-bond donors (Lipinski definition) is 1. The number of pyridine rings is 1. The zero-order valence-corrected chi connectivity index (χ0v) is 11.4. The number of nitrogens with two attached hydrogens (primary N) is 1. The molecule has 0 radical (unpaired) electrons.